The van der Waals surface area contributed by atoms with Crippen LogP contribution in [0.2, 0.25) is 0 Å². The monoisotopic (exact) mass is 287 g/mol. The predicted octanol–water partition coefficient (Wildman–Crippen LogP) is 1.91. The Kier molecular flexibility index (Phi) is 4.52. The Hall–Kier alpha value is -1.85. The molecule has 1 saturated heterocycles. The quantitative estimate of drug-likeness (QED) is 0.852. The fraction of sp³-hybridized carbons (Fsp3) is 0.438. The average molecular weight is 287 g/mol. The van der Waals surface area contributed by atoms with Gasteiger partial charge in [-0.25, -0.2) is 0 Å². The van der Waals surface area contributed by atoms with Crippen LogP contribution in [0.1, 0.15) is 12.8 Å². The fourth-order valence-electron chi connectivity index (χ4n) is 2.72. The van der Waals surface area contributed by atoms with Crippen LogP contribution in [0.3, 0.4) is 0 Å². The zero-order chi connectivity index (χ0) is 14.5. The number of para-hydroxylation sites is 1. The van der Waals surface area contributed by atoms with E-state index < -0.39 is 6.10 Å². The summed E-state index contributed by atoms with van der Waals surface area (Å²) in [5, 5.41) is 17.0. The molecule has 1 atom stereocenters. The number of H-pyrrole nitrogens is 1. The standard InChI is InChI=1S/C16H21N3O2/c20-13(11-19-9-3-4-10-19)12-21-16-6-2-1-5-14(16)15-7-8-17-18-15/h1-2,5-8,13,20H,3-4,9-12H2,(H,17,18). The molecule has 2 N–H and O–H groups in total. The summed E-state index contributed by atoms with van der Waals surface area (Å²) in [7, 11) is 0. The largest absolute Gasteiger partial charge is 0.490 e. The number of benzene rings is 1. The summed E-state index contributed by atoms with van der Waals surface area (Å²) in [6, 6.07) is 9.70. The molecule has 2 aromatic rings. The van der Waals surface area contributed by atoms with Crippen molar-refractivity contribution < 1.29 is 9.84 Å². The molecule has 112 valence electrons. The third-order valence-electron chi connectivity index (χ3n) is 3.78. The number of nitrogens with zero attached hydrogens (tertiary/aromatic N) is 2. The Bertz CT molecular complexity index is 550. The van der Waals surface area contributed by atoms with Gasteiger partial charge in [-0.15, -0.1) is 0 Å². The summed E-state index contributed by atoms with van der Waals surface area (Å²) in [4.78, 5) is 2.29. The number of likely N-dealkylation sites (tertiary alicyclic amines) is 1. The maximum absolute atomic E-state index is 10.1. The number of aromatic nitrogens is 2. The van der Waals surface area contributed by atoms with Crippen LogP contribution in [0.15, 0.2) is 36.5 Å². The van der Waals surface area contributed by atoms with Crippen molar-refractivity contribution in [1.82, 2.24) is 15.1 Å². The van der Waals surface area contributed by atoms with Gasteiger partial charge >= 0.3 is 0 Å². The maximum atomic E-state index is 10.1. The van der Waals surface area contributed by atoms with E-state index >= 15 is 0 Å². The van der Waals surface area contributed by atoms with Gasteiger partial charge < -0.3 is 14.7 Å². The van der Waals surface area contributed by atoms with Gasteiger partial charge in [-0.05, 0) is 44.1 Å². The van der Waals surface area contributed by atoms with Gasteiger partial charge in [-0.1, -0.05) is 12.1 Å². The van der Waals surface area contributed by atoms with E-state index in [9.17, 15) is 5.11 Å². The molecule has 1 aromatic heterocycles. The molecule has 1 aliphatic rings. The summed E-state index contributed by atoms with van der Waals surface area (Å²) in [5.74, 6) is 0.766. The normalized spacial score (nSPS) is 17.0. The lowest BCUT2D eigenvalue weighted by molar-refractivity contribution is 0.0760. The molecule has 1 aliphatic heterocycles. The molecule has 0 aliphatic carbocycles. The number of nitrogens with one attached hydrogen (secondary N) is 1. The molecule has 1 fully saturated rings. The number of hydrogen-bond donors (Lipinski definition) is 2. The third kappa shape index (κ3) is 3.62. The summed E-state index contributed by atoms with van der Waals surface area (Å²) in [6.45, 7) is 3.16. The number of aromatic amines is 1. The molecule has 0 spiro atoms. The number of β-amino-alcohol motifs (C(OH)–C–C–N with tert-alkyl or cyclic N) is 1. The molecular formula is C16H21N3O2. The first-order chi connectivity index (χ1) is 10.3. The van der Waals surface area contributed by atoms with Gasteiger partial charge in [0.15, 0.2) is 0 Å². The average Bonchev–Trinajstić information content (AvgIpc) is 3.18. The van der Waals surface area contributed by atoms with E-state index in [2.05, 4.69) is 15.1 Å². The summed E-state index contributed by atoms with van der Waals surface area (Å²) in [5.41, 5.74) is 1.88. The van der Waals surface area contributed by atoms with Crippen molar-refractivity contribution in [3.8, 4) is 17.0 Å². The molecule has 5 nitrogen and oxygen atoms in total. The van der Waals surface area contributed by atoms with Crippen LogP contribution in [0.4, 0.5) is 0 Å². The number of ether oxygens (including phenoxy) is 1. The van der Waals surface area contributed by atoms with Crippen LogP contribution < -0.4 is 4.74 Å². The first-order valence-electron chi connectivity index (χ1n) is 7.45. The van der Waals surface area contributed by atoms with E-state index in [1.54, 1.807) is 6.20 Å². The molecule has 0 radical (unpaired) electrons. The Morgan fingerprint density at radius 3 is 2.81 bits per heavy atom. The lowest BCUT2D eigenvalue weighted by atomic mass is 10.1. The van der Waals surface area contributed by atoms with Gasteiger partial charge in [0, 0.05) is 18.3 Å². The number of aliphatic hydroxyl groups is 1. The molecule has 0 amide bonds. The van der Waals surface area contributed by atoms with Crippen molar-refractivity contribution in [1.29, 1.82) is 0 Å². The first-order valence-corrected chi connectivity index (χ1v) is 7.45. The Morgan fingerprint density at radius 2 is 2.05 bits per heavy atom. The van der Waals surface area contributed by atoms with Crippen molar-refractivity contribution >= 4 is 0 Å². The SMILES string of the molecule is OC(COc1ccccc1-c1ccn[nH]1)CN1CCCC1. The van der Waals surface area contributed by atoms with Crippen LogP contribution in [0.25, 0.3) is 11.3 Å². The number of hydrogen-bond acceptors (Lipinski definition) is 4. The third-order valence-corrected chi connectivity index (χ3v) is 3.78. The Morgan fingerprint density at radius 1 is 1.24 bits per heavy atom. The highest BCUT2D eigenvalue weighted by atomic mass is 16.5. The van der Waals surface area contributed by atoms with Gasteiger partial charge in [-0.2, -0.15) is 5.10 Å². The van der Waals surface area contributed by atoms with E-state index in [1.165, 1.54) is 12.8 Å². The van der Waals surface area contributed by atoms with Crippen molar-refractivity contribution in [2.24, 2.45) is 0 Å². The Balaban J connectivity index is 1.60. The molecule has 2 heterocycles. The topological polar surface area (TPSA) is 61.4 Å². The zero-order valence-corrected chi connectivity index (χ0v) is 12.0. The lowest BCUT2D eigenvalue weighted by Crippen LogP contribution is -2.33. The smallest absolute Gasteiger partial charge is 0.128 e. The molecule has 0 bridgehead atoms. The summed E-state index contributed by atoms with van der Waals surface area (Å²) < 4.78 is 5.81. The molecule has 1 unspecified atom stereocenters. The number of aliphatic hydroxyl groups excluding tert-OH is 1. The second-order valence-corrected chi connectivity index (χ2v) is 5.44. The van der Waals surface area contributed by atoms with Gasteiger partial charge in [0.25, 0.3) is 0 Å². The van der Waals surface area contributed by atoms with Gasteiger partial charge in [-0.3, -0.25) is 5.10 Å². The van der Waals surface area contributed by atoms with Crippen LogP contribution in [0, 0.1) is 0 Å². The molecule has 1 aromatic carbocycles. The van der Waals surface area contributed by atoms with E-state index in [0.29, 0.717) is 13.2 Å². The van der Waals surface area contributed by atoms with E-state index in [4.69, 9.17) is 4.74 Å². The fourth-order valence-corrected chi connectivity index (χ4v) is 2.72. The van der Waals surface area contributed by atoms with E-state index in [1.807, 2.05) is 30.3 Å². The molecular weight excluding hydrogens is 266 g/mol. The minimum absolute atomic E-state index is 0.307. The molecule has 0 saturated carbocycles. The molecule has 5 heteroatoms. The van der Waals surface area contributed by atoms with E-state index in [0.717, 1.165) is 30.1 Å². The second-order valence-electron chi connectivity index (χ2n) is 5.44. The Labute approximate surface area is 124 Å². The van der Waals surface area contributed by atoms with E-state index in [-0.39, 0.29) is 0 Å². The van der Waals surface area contributed by atoms with Gasteiger partial charge in [0.2, 0.25) is 0 Å². The van der Waals surface area contributed by atoms with Crippen LogP contribution in [-0.2, 0) is 0 Å². The summed E-state index contributed by atoms with van der Waals surface area (Å²) in [6.07, 6.45) is 3.72. The van der Waals surface area contributed by atoms with Crippen molar-refractivity contribution in [2.75, 3.05) is 26.2 Å². The van der Waals surface area contributed by atoms with Gasteiger partial charge in [0.1, 0.15) is 18.5 Å². The summed E-state index contributed by atoms with van der Waals surface area (Å²) >= 11 is 0. The second kappa shape index (κ2) is 6.74. The van der Waals surface area contributed by atoms with Crippen LogP contribution in [0.5, 0.6) is 5.75 Å². The van der Waals surface area contributed by atoms with Crippen molar-refractivity contribution in [2.45, 2.75) is 18.9 Å². The van der Waals surface area contributed by atoms with Crippen molar-refractivity contribution in [3.63, 3.8) is 0 Å². The highest BCUT2D eigenvalue weighted by Crippen LogP contribution is 2.28. The van der Waals surface area contributed by atoms with Crippen molar-refractivity contribution in [3.05, 3.63) is 36.5 Å². The zero-order valence-electron chi connectivity index (χ0n) is 12.0. The lowest BCUT2D eigenvalue weighted by Gasteiger charge is -2.20. The van der Waals surface area contributed by atoms with Crippen LogP contribution in [-0.4, -0.2) is 52.5 Å². The maximum Gasteiger partial charge on any atom is 0.128 e. The first kappa shape index (κ1) is 14.1. The minimum atomic E-state index is -0.460. The minimum Gasteiger partial charge on any atom is -0.490 e. The predicted molar refractivity (Wildman–Crippen MR) is 81.2 cm³/mol. The molecule has 3 rings (SSSR count). The van der Waals surface area contributed by atoms with Gasteiger partial charge in [0.05, 0.1) is 5.69 Å². The highest BCUT2D eigenvalue weighted by molar-refractivity contribution is 5.66. The highest BCUT2D eigenvalue weighted by Gasteiger charge is 2.16. The van der Waals surface area contributed by atoms with Crippen LogP contribution >= 0.6 is 0 Å². The number of rotatable bonds is 6. The molecule has 21 heavy (non-hydrogen) atoms.